The maximum atomic E-state index is 11.5. The highest BCUT2D eigenvalue weighted by atomic mass is 16.3. The molecule has 1 radical (unpaired) electrons. The minimum Gasteiger partial charge on any atom is -0.398 e. The summed E-state index contributed by atoms with van der Waals surface area (Å²) in [5.74, 6) is -0.154. The smallest absolute Gasteiger partial charge is 0.188 e. The van der Waals surface area contributed by atoms with Crippen molar-refractivity contribution in [3.05, 3.63) is 24.3 Å². The van der Waals surface area contributed by atoms with Gasteiger partial charge in [0.05, 0.1) is 11.4 Å². The van der Waals surface area contributed by atoms with Gasteiger partial charge in [0.2, 0.25) is 0 Å². The van der Waals surface area contributed by atoms with Crippen LogP contribution in [0.3, 0.4) is 0 Å². The summed E-state index contributed by atoms with van der Waals surface area (Å²) in [6.45, 7) is 0. The highest BCUT2D eigenvalue weighted by molar-refractivity contribution is 6.08. The van der Waals surface area contributed by atoms with Crippen molar-refractivity contribution >= 4 is 27.8 Å². The van der Waals surface area contributed by atoms with E-state index in [1.807, 2.05) is 0 Å². The van der Waals surface area contributed by atoms with Crippen molar-refractivity contribution in [1.82, 2.24) is 0 Å². The predicted molar refractivity (Wildman–Crippen MR) is 57.3 cm³/mol. The van der Waals surface area contributed by atoms with E-state index < -0.39 is 0 Å². The van der Waals surface area contributed by atoms with Crippen LogP contribution in [-0.4, -0.2) is 0 Å². The Labute approximate surface area is 80.9 Å². The topological polar surface area (TPSA) is 98.0 Å². The molecule has 2 aromatic carbocycles. The summed E-state index contributed by atoms with van der Waals surface area (Å²) in [6, 6.07) is 6.41. The van der Waals surface area contributed by atoms with E-state index in [2.05, 4.69) is 0 Å². The zero-order chi connectivity index (χ0) is 10.3. The fourth-order valence-corrected chi connectivity index (χ4v) is 1.52. The molecule has 0 saturated heterocycles. The van der Waals surface area contributed by atoms with Gasteiger partial charge in [0.25, 0.3) is 0 Å². The second kappa shape index (κ2) is 2.70. The van der Waals surface area contributed by atoms with Gasteiger partial charge >= 0.3 is 0 Å². The normalized spacial score (nSPS) is 10.6. The van der Waals surface area contributed by atoms with Gasteiger partial charge in [0.1, 0.15) is 0 Å². The largest absolute Gasteiger partial charge is 0.398 e. The zero-order valence-electron chi connectivity index (χ0n) is 7.45. The first-order valence-corrected chi connectivity index (χ1v) is 4.14. The van der Waals surface area contributed by atoms with Crippen LogP contribution in [0.4, 0.5) is 17.1 Å². The molecule has 0 aliphatic carbocycles. The van der Waals surface area contributed by atoms with E-state index in [9.17, 15) is 5.11 Å². The maximum Gasteiger partial charge on any atom is 0.188 e. The number of anilines is 3. The highest BCUT2D eigenvalue weighted by Gasteiger charge is 2.10. The van der Waals surface area contributed by atoms with Crippen LogP contribution in [0.25, 0.3) is 10.8 Å². The van der Waals surface area contributed by atoms with E-state index in [0.717, 1.165) is 0 Å². The van der Waals surface area contributed by atoms with Gasteiger partial charge in [-0.15, -0.1) is 0 Å². The van der Waals surface area contributed by atoms with Gasteiger partial charge in [0, 0.05) is 22.5 Å². The van der Waals surface area contributed by atoms with Crippen molar-refractivity contribution in [3.8, 4) is 5.75 Å². The Bertz CT molecular complexity index is 508. The van der Waals surface area contributed by atoms with Crippen LogP contribution >= 0.6 is 0 Å². The van der Waals surface area contributed by atoms with Crippen molar-refractivity contribution in [2.75, 3.05) is 17.2 Å². The Morgan fingerprint density at radius 2 is 1.71 bits per heavy atom. The maximum absolute atomic E-state index is 11.5. The van der Waals surface area contributed by atoms with Crippen molar-refractivity contribution in [2.45, 2.75) is 0 Å². The molecule has 14 heavy (non-hydrogen) atoms. The fraction of sp³-hybridized carbons (Fsp3) is 0. The average molecular weight is 188 g/mol. The third-order valence-electron chi connectivity index (χ3n) is 2.23. The molecule has 0 amide bonds. The molecule has 0 atom stereocenters. The number of rotatable bonds is 0. The molecule has 0 aliphatic rings. The summed E-state index contributed by atoms with van der Waals surface area (Å²) in [5.41, 5.74) is 18.2. The first-order valence-electron chi connectivity index (χ1n) is 4.14. The van der Waals surface area contributed by atoms with Gasteiger partial charge in [-0.1, -0.05) is 12.1 Å². The van der Waals surface area contributed by atoms with Crippen molar-refractivity contribution in [2.24, 2.45) is 0 Å². The Morgan fingerprint density at radius 3 is 2.43 bits per heavy atom. The molecule has 4 nitrogen and oxygen atoms in total. The number of nitrogens with two attached hydrogens (primary N) is 3. The quantitative estimate of drug-likeness (QED) is 0.549. The summed E-state index contributed by atoms with van der Waals surface area (Å²) in [5, 5.41) is 12.6. The number of benzene rings is 2. The molecule has 0 saturated carbocycles. The monoisotopic (exact) mass is 188 g/mol. The summed E-state index contributed by atoms with van der Waals surface area (Å²) in [7, 11) is 0. The Hall–Kier alpha value is -2.10. The van der Waals surface area contributed by atoms with Crippen LogP contribution in [0.1, 0.15) is 0 Å². The van der Waals surface area contributed by atoms with E-state index in [-0.39, 0.29) is 11.4 Å². The molecule has 6 N–H and O–H groups in total. The molecule has 0 bridgehead atoms. The minimum atomic E-state index is -0.154. The summed E-state index contributed by atoms with van der Waals surface area (Å²) < 4.78 is 0. The molecule has 0 aliphatic heterocycles. The van der Waals surface area contributed by atoms with E-state index in [1.54, 1.807) is 18.2 Å². The number of hydrogen-bond acceptors (Lipinski definition) is 3. The average Bonchev–Trinajstić information content (AvgIpc) is 2.14. The lowest BCUT2D eigenvalue weighted by Gasteiger charge is -2.08. The van der Waals surface area contributed by atoms with E-state index in [1.165, 1.54) is 6.07 Å². The van der Waals surface area contributed by atoms with Crippen LogP contribution in [0.2, 0.25) is 0 Å². The first kappa shape index (κ1) is 8.50. The lowest BCUT2D eigenvalue weighted by molar-refractivity contribution is 0.360. The second-order valence-electron chi connectivity index (χ2n) is 3.15. The molecule has 0 aromatic heterocycles. The lowest BCUT2D eigenvalue weighted by Crippen LogP contribution is -1.98. The van der Waals surface area contributed by atoms with E-state index in [4.69, 9.17) is 17.2 Å². The number of fused-ring (bicyclic) bond motifs is 1. The van der Waals surface area contributed by atoms with Crippen LogP contribution < -0.4 is 17.2 Å². The fourth-order valence-electron chi connectivity index (χ4n) is 1.52. The Balaban J connectivity index is 3.03. The van der Waals surface area contributed by atoms with Gasteiger partial charge in [-0.3, -0.25) is 5.11 Å². The standard InChI is InChI=1S/C10H10N3O/c11-6-3-1-2-5-8(14)4-7(12)10(13)9(5)6/h1-4H,11-13H2. The van der Waals surface area contributed by atoms with E-state index in [0.29, 0.717) is 22.1 Å². The molecule has 2 aromatic rings. The lowest BCUT2D eigenvalue weighted by atomic mass is 10.0. The molecule has 4 heteroatoms. The second-order valence-corrected chi connectivity index (χ2v) is 3.15. The van der Waals surface area contributed by atoms with Crippen LogP contribution in [0.15, 0.2) is 24.3 Å². The molecule has 0 heterocycles. The number of hydrogen-bond donors (Lipinski definition) is 3. The SMILES string of the molecule is Nc1cc([O])c2cccc(N)c2c1N. The summed E-state index contributed by atoms with van der Waals surface area (Å²) >= 11 is 0. The summed E-state index contributed by atoms with van der Waals surface area (Å²) in [6.07, 6.45) is 0. The van der Waals surface area contributed by atoms with Crippen molar-refractivity contribution in [3.63, 3.8) is 0 Å². The van der Waals surface area contributed by atoms with Crippen LogP contribution in [0, 0.1) is 0 Å². The van der Waals surface area contributed by atoms with Gasteiger partial charge in [-0.25, -0.2) is 0 Å². The third-order valence-corrected chi connectivity index (χ3v) is 2.23. The van der Waals surface area contributed by atoms with Crippen LogP contribution in [-0.2, 0) is 5.11 Å². The predicted octanol–water partition coefficient (Wildman–Crippen LogP) is 1.73. The molecular weight excluding hydrogens is 178 g/mol. The Morgan fingerprint density at radius 1 is 1.00 bits per heavy atom. The zero-order valence-corrected chi connectivity index (χ0v) is 7.45. The third kappa shape index (κ3) is 1.01. The molecule has 0 fully saturated rings. The van der Waals surface area contributed by atoms with Gasteiger partial charge in [-0.2, -0.15) is 0 Å². The first-order chi connectivity index (χ1) is 6.61. The van der Waals surface area contributed by atoms with Gasteiger partial charge < -0.3 is 17.2 Å². The Kier molecular flexibility index (Phi) is 1.64. The minimum absolute atomic E-state index is 0.154. The number of nitrogen functional groups attached to an aromatic ring is 3. The van der Waals surface area contributed by atoms with Crippen LogP contribution in [0.5, 0.6) is 5.75 Å². The van der Waals surface area contributed by atoms with Gasteiger partial charge in [0.15, 0.2) is 5.75 Å². The summed E-state index contributed by atoms with van der Waals surface area (Å²) in [4.78, 5) is 0. The van der Waals surface area contributed by atoms with Gasteiger partial charge in [-0.05, 0) is 6.07 Å². The van der Waals surface area contributed by atoms with Crippen molar-refractivity contribution in [1.29, 1.82) is 0 Å². The molecular formula is C10H10N3O. The highest BCUT2D eigenvalue weighted by Crippen LogP contribution is 2.37. The molecule has 0 unspecified atom stereocenters. The molecule has 0 spiro atoms. The molecule has 71 valence electrons. The molecule has 2 rings (SSSR count). The van der Waals surface area contributed by atoms with E-state index >= 15 is 0 Å². The van der Waals surface area contributed by atoms with Crippen molar-refractivity contribution < 1.29 is 5.11 Å².